The molecule has 8 heteroatoms. The normalized spacial score (nSPS) is 12.3. The molecule has 7 nitrogen and oxygen atoms in total. The number of nitrogens with one attached hydrogen (secondary N) is 1. The van der Waals surface area contributed by atoms with E-state index in [1.807, 2.05) is 69.3 Å². The van der Waals surface area contributed by atoms with Crippen LogP contribution in [0, 0.1) is 12.8 Å². The molecule has 2 aromatic carbocycles. The van der Waals surface area contributed by atoms with Gasteiger partial charge in [-0.25, -0.2) is 4.79 Å². The number of aromatic nitrogens is 4. The van der Waals surface area contributed by atoms with Crippen molar-refractivity contribution in [3.63, 3.8) is 0 Å². The van der Waals surface area contributed by atoms with E-state index in [0.29, 0.717) is 17.1 Å². The minimum absolute atomic E-state index is 0.193. The Morgan fingerprint density at radius 3 is 2.30 bits per heavy atom. The van der Waals surface area contributed by atoms with Gasteiger partial charge in [-0.05, 0) is 42.5 Å². The first-order chi connectivity index (χ1) is 15.8. The number of carbonyl (C=O) groups is 1. The fourth-order valence-electron chi connectivity index (χ4n) is 3.92. The van der Waals surface area contributed by atoms with E-state index in [2.05, 4.69) is 15.5 Å². The lowest BCUT2D eigenvalue weighted by molar-refractivity contribution is -0.124. The van der Waals surface area contributed by atoms with Crippen LogP contribution < -0.4 is 11.0 Å². The van der Waals surface area contributed by atoms with Gasteiger partial charge in [-0.2, -0.15) is 14.3 Å². The SMILES string of the molecule is CNC(=O)C(CC(C)C)n1nc2c(-c3ccc(C)cc3)c(-c3ccc(Cl)cc3)cnn2c1=O. The van der Waals surface area contributed by atoms with E-state index in [4.69, 9.17) is 11.6 Å². The van der Waals surface area contributed by atoms with Crippen molar-refractivity contribution in [1.29, 1.82) is 0 Å². The van der Waals surface area contributed by atoms with E-state index < -0.39 is 11.7 Å². The van der Waals surface area contributed by atoms with E-state index in [-0.39, 0.29) is 11.8 Å². The molecule has 2 heterocycles. The Hall–Kier alpha value is -3.45. The van der Waals surface area contributed by atoms with Gasteiger partial charge in [-0.3, -0.25) is 4.79 Å². The molecule has 4 aromatic rings. The van der Waals surface area contributed by atoms with Crippen LogP contribution in [0.3, 0.4) is 0 Å². The predicted molar refractivity (Wildman–Crippen MR) is 130 cm³/mol. The third-order valence-corrected chi connectivity index (χ3v) is 5.86. The van der Waals surface area contributed by atoms with Gasteiger partial charge in [-0.1, -0.05) is 67.4 Å². The number of halogens is 1. The van der Waals surface area contributed by atoms with Crippen LogP contribution in [0.25, 0.3) is 27.9 Å². The fourth-order valence-corrected chi connectivity index (χ4v) is 4.05. The number of likely N-dealkylation sites (N-methyl/N-ethyl adjacent to an activating group) is 1. The molecule has 0 spiro atoms. The maximum atomic E-state index is 13.3. The molecule has 1 amide bonds. The van der Waals surface area contributed by atoms with Crippen LogP contribution in [0.15, 0.2) is 59.5 Å². The molecule has 1 atom stereocenters. The molecular weight excluding hydrogens is 438 g/mol. The summed E-state index contributed by atoms with van der Waals surface area (Å²) in [4.78, 5) is 25.9. The van der Waals surface area contributed by atoms with Gasteiger partial charge in [0, 0.05) is 23.2 Å². The molecule has 33 heavy (non-hydrogen) atoms. The molecule has 0 bridgehead atoms. The van der Waals surface area contributed by atoms with Gasteiger partial charge >= 0.3 is 5.69 Å². The topological polar surface area (TPSA) is 81.3 Å². The largest absolute Gasteiger partial charge is 0.367 e. The van der Waals surface area contributed by atoms with Crippen LogP contribution in [-0.2, 0) is 4.79 Å². The van der Waals surface area contributed by atoms with Crippen molar-refractivity contribution < 1.29 is 4.79 Å². The summed E-state index contributed by atoms with van der Waals surface area (Å²) in [5.74, 6) is -0.0674. The molecule has 0 aliphatic rings. The first-order valence-electron chi connectivity index (χ1n) is 10.8. The number of benzene rings is 2. The van der Waals surface area contributed by atoms with Crippen LogP contribution >= 0.6 is 11.6 Å². The third kappa shape index (κ3) is 4.41. The van der Waals surface area contributed by atoms with Gasteiger partial charge in [0.1, 0.15) is 6.04 Å². The Morgan fingerprint density at radius 2 is 1.70 bits per heavy atom. The highest BCUT2D eigenvalue weighted by atomic mass is 35.5. The predicted octanol–water partition coefficient (Wildman–Crippen LogP) is 4.52. The smallest absolute Gasteiger partial charge is 0.357 e. The van der Waals surface area contributed by atoms with Crippen molar-refractivity contribution in [1.82, 2.24) is 24.7 Å². The molecule has 2 aromatic heterocycles. The monoisotopic (exact) mass is 463 g/mol. The van der Waals surface area contributed by atoms with Crippen molar-refractivity contribution in [3.05, 3.63) is 75.8 Å². The van der Waals surface area contributed by atoms with Crippen LogP contribution in [0.2, 0.25) is 5.02 Å². The molecule has 0 aliphatic carbocycles. The van der Waals surface area contributed by atoms with Gasteiger partial charge in [0.15, 0.2) is 5.65 Å². The van der Waals surface area contributed by atoms with Gasteiger partial charge in [0.05, 0.1) is 6.20 Å². The molecule has 1 unspecified atom stereocenters. The summed E-state index contributed by atoms with van der Waals surface area (Å²) in [6, 6.07) is 14.7. The van der Waals surface area contributed by atoms with Crippen molar-refractivity contribution in [2.45, 2.75) is 33.2 Å². The van der Waals surface area contributed by atoms with Crippen LogP contribution in [0.1, 0.15) is 31.9 Å². The molecule has 0 aliphatic heterocycles. The molecule has 0 radical (unpaired) electrons. The van der Waals surface area contributed by atoms with Gasteiger partial charge in [-0.15, -0.1) is 5.10 Å². The summed E-state index contributed by atoms with van der Waals surface area (Å²) in [5, 5.41) is 12.3. The second-order valence-electron chi connectivity index (χ2n) is 8.53. The summed E-state index contributed by atoms with van der Waals surface area (Å²) < 4.78 is 2.52. The summed E-state index contributed by atoms with van der Waals surface area (Å²) in [6.45, 7) is 6.03. The van der Waals surface area contributed by atoms with E-state index in [1.165, 1.54) is 9.20 Å². The zero-order valence-electron chi connectivity index (χ0n) is 19.0. The second-order valence-corrected chi connectivity index (χ2v) is 8.96. The highest BCUT2D eigenvalue weighted by Crippen LogP contribution is 2.34. The Bertz CT molecular complexity index is 1350. The lowest BCUT2D eigenvalue weighted by Crippen LogP contribution is -2.37. The standard InChI is InChI=1S/C25H26ClN5O2/c1-15(2)13-21(24(32)27-4)30-25(33)31-23(29-30)22(18-7-5-16(3)6-8-18)20(14-28-31)17-9-11-19(26)12-10-17/h5-12,14-15,21H,13H2,1-4H3,(H,27,32). The van der Waals surface area contributed by atoms with Gasteiger partial charge in [0.2, 0.25) is 5.91 Å². The maximum absolute atomic E-state index is 13.3. The van der Waals surface area contributed by atoms with E-state index in [0.717, 1.165) is 27.8 Å². The molecule has 170 valence electrons. The Balaban J connectivity index is 2.02. The van der Waals surface area contributed by atoms with E-state index in [9.17, 15) is 9.59 Å². The number of hydrogen-bond donors (Lipinski definition) is 1. The number of nitrogens with zero attached hydrogens (tertiary/aromatic N) is 4. The Labute approximate surface area is 197 Å². The number of aryl methyl sites for hydroxylation is 1. The maximum Gasteiger partial charge on any atom is 0.367 e. The third-order valence-electron chi connectivity index (χ3n) is 5.61. The fraction of sp³-hybridized carbons (Fsp3) is 0.280. The first kappa shape index (κ1) is 22.7. The summed E-state index contributed by atoms with van der Waals surface area (Å²) >= 11 is 6.10. The van der Waals surface area contributed by atoms with Crippen molar-refractivity contribution >= 4 is 23.2 Å². The molecular formula is C25H26ClN5O2. The van der Waals surface area contributed by atoms with Crippen molar-refractivity contribution in [3.8, 4) is 22.3 Å². The number of rotatable bonds is 6. The average Bonchev–Trinajstić information content (AvgIpc) is 3.13. The Kier molecular flexibility index (Phi) is 6.33. The number of fused-ring (bicyclic) bond motifs is 1. The zero-order valence-corrected chi connectivity index (χ0v) is 19.8. The number of carbonyl (C=O) groups excluding carboxylic acids is 1. The highest BCUT2D eigenvalue weighted by molar-refractivity contribution is 6.30. The van der Waals surface area contributed by atoms with Gasteiger partial charge < -0.3 is 5.32 Å². The van der Waals surface area contributed by atoms with Crippen LogP contribution in [0.4, 0.5) is 0 Å². The molecule has 4 rings (SSSR count). The van der Waals surface area contributed by atoms with E-state index >= 15 is 0 Å². The number of hydrogen-bond acceptors (Lipinski definition) is 4. The molecule has 0 saturated heterocycles. The molecule has 0 fully saturated rings. The summed E-state index contributed by atoms with van der Waals surface area (Å²) in [7, 11) is 1.56. The zero-order chi connectivity index (χ0) is 23.7. The second kappa shape index (κ2) is 9.19. The quantitative estimate of drug-likeness (QED) is 0.455. The minimum Gasteiger partial charge on any atom is -0.357 e. The van der Waals surface area contributed by atoms with Crippen LogP contribution in [0.5, 0.6) is 0 Å². The number of amides is 1. The minimum atomic E-state index is -0.728. The molecule has 1 N–H and O–H groups in total. The Morgan fingerprint density at radius 1 is 1.06 bits per heavy atom. The van der Waals surface area contributed by atoms with Crippen LogP contribution in [-0.4, -0.2) is 32.3 Å². The summed E-state index contributed by atoms with van der Waals surface area (Å²) in [5.41, 5.74) is 4.46. The van der Waals surface area contributed by atoms with Crippen molar-refractivity contribution in [2.24, 2.45) is 5.92 Å². The van der Waals surface area contributed by atoms with Gasteiger partial charge in [0.25, 0.3) is 0 Å². The lowest BCUT2D eigenvalue weighted by Gasteiger charge is -2.16. The lowest BCUT2D eigenvalue weighted by atomic mass is 9.96. The average molecular weight is 464 g/mol. The molecule has 0 saturated carbocycles. The van der Waals surface area contributed by atoms with E-state index in [1.54, 1.807) is 13.2 Å². The highest BCUT2D eigenvalue weighted by Gasteiger charge is 2.27. The first-order valence-corrected chi connectivity index (χ1v) is 11.2. The summed E-state index contributed by atoms with van der Waals surface area (Å²) in [6.07, 6.45) is 2.14. The van der Waals surface area contributed by atoms with Crippen molar-refractivity contribution in [2.75, 3.05) is 7.05 Å².